The Morgan fingerprint density at radius 3 is 2.73 bits per heavy atom. The number of ether oxygens (including phenoxy) is 1. The molecular formula is C12H26N2O. The molecule has 1 aliphatic heterocycles. The summed E-state index contributed by atoms with van der Waals surface area (Å²) < 4.78 is 5.55. The molecule has 0 saturated carbocycles. The van der Waals surface area contributed by atoms with E-state index in [4.69, 9.17) is 4.74 Å². The van der Waals surface area contributed by atoms with E-state index in [2.05, 4.69) is 38.0 Å². The van der Waals surface area contributed by atoms with Crippen LogP contribution in [-0.4, -0.2) is 49.8 Å². The monoisotopic (exact) mass is 214 g/mol. The van der Waals surface area contributed by atoms with E-state index >= 15 is 0 Å². The number of hydrogen-bond acceptors (Lipinski definition) is 3. The van der Waals surface area contributed by atoms with Crippen LogP contribution in [0.25, 0.3) is 0 Å². The van der Waals surface area contributed by atoms with E-state index in [0.29, 0.717) is 11.6 Å². The Morgan fingerprint density at radius 2 is 2.20 bits per heavy atom. The van der Waals surface area contributed by atoms with Gasteiger partial charge in [-0.05, 0) is 47.2 Å². The van der Waals surface area contributed by atoms with Crippen molar-refractivity contribution in [1.29, 1.82) is 0 Å². The third kappa shape index (κ3) is 4.96. The van der Waals surface area contributed by atoms with Crippen molar-refractivity contribution in [1.82, 2.24) is 10.2 Å². The minimum Gasteiger partial charge on any atom is -0.377 e. The number of nitrogens with one attached hydrogen (secondary N) is 1. The van der Waals surface area contributed by atoms with Crippen LogP contribution >= 0.6 is 0 Å². The molecule has 1 unspecified atom stereocenters. The lowest BCUT2D eigenvalue weighted by Crippen LogP contribution is -2.47. The van der Waals surface area contributed by atoms with Crippen LogP contribution in [0.3, 0.4) is 0 Å². The summed E-state index contributed by atoms with van der Waals surface area (Å²) in [5.74, 6) is 0. The highest BCUT2D eigenvalue weighted by atomic mass is 16.5. The molecule has 1 rings (SSSR count). The SMILES string of the molecule is CC(C)OCCN(C)CC1(C)CCCN1. The zero-order chi connectivity index (χ0) is 11.3. The minimum atomic E-state index is 0.326. The molecule has 1 fully saturated rings. The van der Waals surface area contributed by atoms with Crippen LogP contribution in [-0.2, 0) is 4.74 Å². The molecule has 0 aromatic carbocycles. The van der Waals surface area contributed by atoms with Crippen LogP contribution in [0.1, 0.15) is 33.6 Å². The predicted molar refractivity (Wildman–Crippen MR) is 64.2 cm³/mol. The summed E-state index contributed by atoms with van der Waals surface area (Å²) >= 11 is 0. The maximum absolute atomic E-state index is 5.55. The van der Waals surface area contributed by atoms with Crippen molar-refractivity contribution in [3.05, 3.63) is 0 Å². The number of likely N-dealkylation sites (N-methyl/N-ethyl adjacent to an activating group) is 1. The lowest BCUT2D eigenvalue weighted by Gasteiger charge is -2.30. The van der Waals surface area contributed by atoms with Crippen LogP contribution in [0.15, 0.2) is 0 Å². The third-order valence-corrected chi connectivity index (χ3v) is 3.00. The maximum Gasteiger partial charge on any atom is 0.0596 e. The number of nitrogens with zero attached hydrogens (tertiary/aromatic N) is 1. The van der Waals surface area contributed by atoms with Gasteiger partial charge in [0.2, 0.25) is 0 Å². The summed E-state index contributed by atoms with van der Waals surface area (Å²) in [6.45, 7) is 10.6. The van der Waals surface area contributed by atoms with Gasteiger partial charge in [0.15, 0.2) is 0 Å². The summed E-state index contributed by atoms with van der Waals surface area (Å²) in [5, 5.41) is 3.58. The lowest BCUT2D eigenvalue weighted by atomic mass is 10.00. The summed E-state index contributed by atoms with van der Waals surface area (Å²) in [6.07, 6.45) is 2.95. The first-order valence-electron chi connectivity index (χ1n) is 6.07. The van der Waals surface area contributed by atoms with Gasteiger partial charge >= 0.3 is 0 Å². The van der Waals surface area contributed by atoms with Crippen LogP contribution in [0.4, 0.5) is 0 Å². The van der Waals surface area contributed by atoms with Gasteiger partial charge in [-0.2, -0.15) is 0 Å². The maximum atomic E-state index is 5.55. The average Bonchev–Trinajstić information content (AvgIpc) is 2.50. The van der Waals surface area contributed by atoms with E-state index in [0.717, 1.165) is 19.7 Å². The van der Waals surface area contributed by atoms with Gasteiger partial charge in [0.05, 0.1) is 12.7 Å². The van der Waals surface area contributed by atoms with Crippen molar-refractivity contribution in [3.8, 4) is 0 Å². The highest BCUT2D eigenvalue weighted by Crippen LogP contribution is 2.18. The fraction of sp³-hybridized carbons (Fsp3) is 1.00. The fourth-order valence-corrected chi connectivity index (χ4v) is 2.21. The van der Waals surface area contributed by atoms with Crippen molar-refractivity contribution < 1.29 is 4.74 Å². The second-order valence-electron chi connectivity index (χ2n) is 5.25. The quantitative estimate of drug-likeness (QED) is 0.725. The van der Waals surface area contributed by atoms with Crippen molar-refractivity contribution >= 4 is 0 Å². The van der Waals surface area contributed by atoms with Crippen LogP contribution < -0.4 is 5.32 Å². The van der Waals surface area contributed by atoms with E-state index in [-0.39, 0.29) is 0 Å². The highest BCUT2D eigenvalue weighted by Gasteiger charge is 2.28. The van der Waals surface area contributed by atoms with Gasteiger partial charge in [0.25, 0.3) is 0 Å². The Balaban J connectivity index is 2.14. The van der Waals surface area contributed by atoms with Gasteiger partial charge < -0.3 is 15.0 Å². The van der Waals surface area contributed by atoms with Crippen LogP contribution in [0.5, 0.6) is 0 Å². The van der Waals surface area contributed by atoms with Crippen molar-refractivity contribution in [3.63, 3.8) is 0 Å². The molecule has 1 saturated heterocycles. The molecule has 1 heterocycles. The molecule has 0 radical (unpaired) electrons. The topological polar surface area (TPSA) is 24.5 Å². The van der Waals surface area contributed by atoms with Gasteiger partial charge in [0.1, 0.15) is 0 Å². The molecule has 90 valence electrons. The molecule has 0 bridgehead atoms. The van der Waals surface area contributed by atoms with Gasteiger partial charge in [-0.3, -0.25) is 0 Å². The Labute approximate surface area is 94.2 Å². The molecule has 1 aliphatic rings. The van der Waals surface area contributed by atoms with Crippen LogP contribution in [0.2, 0.25) is 0 Å². The number of rotatable bonds is 6. The zero-order valence-corrected chi connectivity index (χ0v) is 10.7. The normalized spacial score (nSPS) is 26.8. The van der Waals surface area contributed by atoms with Gasteiger partial charge in [0, 0.05) is 18.6 Å². The van der Waals surface area contributed by atoms with E-state index in [1.54, 1.807) is 0 Å². The molecule has 3 heteroatoms. The first kappa shape index (κ1) is 12.9. The smallest absolute Gasteiger partial charge is 0.0596 e. The zero-order valence-electron chi connectivity index (χ0n) is 10.7. The van der Waals surface area contributed by atoms with Crippen molar-refractivity contribution in [2.45, 2.75) is 45.3 Å². The Morgan fingerprint density at radius 1 is 1.47 bits per heavy atom. The molecule has 1 N–H and O–H groups in total. The van der Waals surface area contributed by atoms with E-state index in [1.807, 2.05) is 0 Å². The van der Waals surface area contributed by atoms with Crippen molar-refractivity contribution in [2.24, 2.45) is 0 Å². The molecule has 0 aromatic heterocycles. The average molecular weight is 214 g/mol. The molecular weight excluding hydrogens is 188 g/mol. The summed E-state index contributed by atoms with van der Waals surface area (Å²) in [7, 11) is 2.18. The Kier molecular flexibility index (Phi) is 5.03. The Hall–Kier alpha value is -0.120. The molecule has 3 nitrogen and oxygen atoms in total. The van der Waals surface area contributed by atoms with Gasteiger partial charge in [-0.25, -0.2) is 0 Å². The van der Waals surface area contributed by atoms with Gasteiger partial charge in [-0.1, -0.05) is 0 Å². The lowest BCUT2D eigenvalue weighted by molar-refractivity contribution is 0.0597. The highest BCUT2D eigenvalue weighted by molar-refractivity contribution is 4.90. The number of hydrogen-bond donors (Lipinski definition) is 1. The van der Waals surface area contributed by atoms with Gasteiger partial charge in [-0.15, -0.1) is 0 Å². The molecule has 15 heavy (non-hydrogen) atoms. The molecule has 1 atom stereocenters. The molecule has 0 aromatic rings. The van der Waals surface area contributed by atoms with E-state index in [1.165, 1.54) is 19.4 Å². The second kappa shape index (κ2) is 5.83. The molecule has 0 amide bonds. The fourth-order valence-electron chi connectivity index (χ4n) is 2.21. The first-order chi connectivity index (χ1) is 7.02. The van der Waals surface area contributed by atoms with E-state index < -0.39 is 0 Å². The van der Waals surface area contributed by atoms with Crippen molar-refractivity contribution in [2.75, 3.05) is 33.3 Å². The third-order valence-electron chi connectivity index (χ3n) is 3.00. The molecule has 0 spiro atoms. The van der Waals surface area contributed by atoms with Crippen LogP contribution in [0, 0.1) is 0 Å². The summed E-state index contributed by atoms with van der Waals surface area (Å²) in [5.41, 5.74) is 0.326. The molecule has 0 aliphatic carbocycles. The predicted octanol–water partition coefficient (Wildman–Crippen LogP) is 1.49. The largest absolute Gasteiger partial charge is 0.377 e. The Bertz CT molecular complexity index is 176. The standard InChI is InChI=1S/C12H26N2O/c1-11(2)15-9-8-14(4)10-12(3)6-5-7-13-12/h11,13H,5-10H2,1-4H3. The van der Waals surface area contributed by atoms with E-state index in [9.17, 15) is 0 Å². The minimum absolute atomic E-state index is 0.326. The summed E-state index contributed by atoms with van der Waals surface area (Å²) in [6, 6.07) is 0. The second-order valence-corrected chi connectivity index (χ2v) is 5.25. The summed E-state index contributed by atoms with van der Waals surface area (Å²) in [4.78, 5) is 2.36. The first-order valence-corrected chi connectivity index (χ1v) is 6.07.